The molecule has 5 rings (SSSR count). The maximum Gasteiger partial charge on any atom is 0.389 e. The molecule has 1 fully saturated rings. The molecule has 0 saturated carbocycles. The van der Waals surface area contributed by atoms with E-state index in [1.54, 1.807) is 12.1 Å². The smallest absolute Gasteiger partial charge is 0.389 e. The predicted molar refractivity (Wildman–Crippen MR) is 163 cm³/mol. The number of esters is 1. The highest BCUT2D eigenvalue weighted by atomic mass is 35.5. The first-order valence-corrected chi connectivity index (χ1v) is 15.6. The van der Waals surface area contributed by atoms with E-state index >= 15 is 4.39 Å². The number of alkyl halides is 3. The summed E-state index contributed by atoms with van der Waals surface area (Å²) in [5.74, 6) is -0.840. The van der Waals surface area contributed by atoms with Gasteiger partial charge in [-0.2, -0.15) is 13.2 Å². The van der Waals surface area contributed by atoms with Gasteiger partial charge in [-0.1, -0.05) is 35.9 Å². The van der Waals surface area contributed by atoms with Gasteiger partial charge >= 0.3 is 12.1 Å². The number of nitrogens with zero attached hydrogens (tertiary/aromatic N) is 1. The lowest BCUT2D eigenvalue weighted by Gasteiger charge is -2.30. The number of halogens is 5. The fraction of sp³-hybridized carbons (Fsp3) is 0.441. The third-order valence-corrected chi connectivity index (χ3v) is 8.50. The van der Waals surface area contributed by atoms with Crippen LogP contribution in [0.3, 0.4) is 0 Å². The van der Waals surface area contributed by atoms with Crippen LogP contribution in [0.2, 0.25) is 5.02 Å². The number of pyridine rings is 1. The Morgan fingerprint density at radius 1 is 1.11 bits per heavy atom. The van der Waals surface area contributed by atoms with Crippen LogP contribution < -0.4 is 10.1 Å². The van der Waals surface area contributed by atoms with Crippen molar-refractivity contribution >= 4 is 23.4 Å². The number of nitrogens with one attached hydrogen (secondary N) is 1. The first kappa shape index (κ1) is 33.8. The van der Waals surface area contributed by atoms with E-state index < -0.39 is 30.8 Å². The molecule has 0 amide bonds. The van der Waals surface area contributed by atoms with Gasteiger partial charge in [0.15, 0.2) is 0 Å². The van der Waals surface area contributed by atoms with Crippen LogP contribution in [0.25, 0.3) is 0 Å². The molecule has 1 aromatic heterocycles. The minimum absolute atomic E-state index is 0.0176. The summed E-state index contributed by atoms with van der Waals surface area (Å²) in [6.45, 7) is 1.10. The molecule has 7 nitrogen and oxygen atoms in total. The Hall–Kier alpha value is -3.54. The van der Waals surface area contributed by atoms with Crippen LogP contribution in [0.1, 0.15) is 59.4 Å². The zero-order valence-electron chi connectivity index (χ0n) is 25.1. The Balaban J connectivity index is 1.17. The van der Waals surface area contributed by atoms with Crippen LogP contribution in [0, 0.1) is 5.82 Å². The minimum Gasteiger partial charge on any atom is -0.493 e. The second-order valence-electron chi connectivity index (χ2n) is 11.6. The number of ether oxygens (including phenoxy) is 3. The fourth-order valence-corrected chi connectivity index (χ4v) is 5.89. The van der Waals surface area contributed by atoms with Gasteiger partial charge in [0.2, 0.25) is 0 Å². The average molecular weight is 663 g/mol. The highest BCUT2D eigenvalue weighted by Crippen LogP contribution is 2.35. The summed E-state index contributed by atoms with van der Waals surface area (Å²) in [5.41, 5.74) is 3.98. The summed E-state index contributed by atoms with van der Waals surface area (Å²) in [7, 11) is 0. The summed E-state index contributed by atoms with van der Waals surface area (Å²) in [4.78, 5) is 29.1. The van der Waals surface area contributed by atoms with Crippen molar-refractivity contribution in [1.29, 1.82) is 0 Å². The Morgan fingerprint density at radius 2 is 1.89 bits per heavy atom. The molecule has 3 atom stereocenters. The molecule has 0 aliphatic carbocycles. The van der Waals surface area contributed by atoms with Gasteiger partial charge in [0.05, 0.1) is 44.4 Å². The number of hydrogen-bond donors (Lipinski definition) is 1. The van der Waals surface area contributed by atoms with E-state index in [4.69, 9.17) is 25.8 Å². The number of morpholine rings is 1. The van der Waals surface area contributed by atoms with E-state index in [1.165, 1.54) is 6.20 Å². The molecule has 1 N–H and O–H groups in total. The number of hydrogen-bond acceptors (Lipinski definition) is 7. The monoisotopic (exact) mass is 662 g/mol. The number of aromatic nitrogens is 1. The number of carbonyl (C=O) groups excluding carboxylic acids is 2. The molecule has 0 radical (unpaired) electrons. The van der Waals surface area contributed by atoms with E-state index in [-0.39, 0.29) is 49.9 Å². The predicted octanol–water partition coefficient (Wildman–Crippen LogP) is 6.32. The Labute approximate surface area is 269 Å². The van der Waals surface area contributed by atoms with E-state index in [1.807, 2.05) is 24.3 Å². The van der Waals surface area contributed by atoms with Crippen molar-refractivity contribution in [2.45, 2.75) is 69.2 Å². The number of Topliss-reactive ketones (excluding diaryl/α,β-unsaturated/α-hetero) is 1. The summed E-state index contributed by atoms with van der Waals surface area (Å²) in [6.07, 6.45) is -2.18. The quantitative estimate of drug-likeness (QED) is 0.169. The topological polar surface area (TPSA) is 86.8 Å². The third kappa shape index (κ3) is 9.49. The van der Waals surface area contributed by atoms with Crippen LogP contribution in [-0.4, -0.2) is 61.4 Å². The lowest BCUT2D eigenvalue weighted by atomic mass is 9.85. The Bertz CT molecular complexity index is 1510. The highest BCUT2D eigenvalue weighted by Gasteiger charge is 2.29. The number of rotatable bonds is 13. The average Bonchev–Trinajstić information content (AvgIpc) is 3.50. The zero-order chi connectivity index (χ0) is 32.7. The lowest BCUT2D eigenvalue weighted by molar-refractivity contribution is -0.158. The van der Waals surface area contributed by atoms with Crippen LogP contribution in [0.15, 0.2) is 54.9 Å². The first-order chi connectivity index (χ1) is 22.0. The molecule has 246 valence electrons. The molecule has 3 aromatic rings. The van der Waals surface area contributed by atoms with Crippen molar-refractivity contribution in [2.24, 2.45) is 0 Å². The molecule has 46 heavy (non-hydrogen) atoms. The Kier molecular flexibility index (Phi) is 11.3. The molecule has 0 spiro atoms. The number of benzene rings is 2. The molecule has 2 aromatic carbocycles. The summed E-state index contributed by atoms with van der Waals surface area (Å²) >= 11 is 6.14. The second kappa shape index (κ2) is 15.4. The second-order valence-corrected chi connectivity index (χ2v) is 12.1. The van der Waals surface area contributed by atoms with Crippen LogP contribution in [0.5, 0.6) is 5.75 Å². The van der Waals surface area contributed by atoms with Gasteiger partial charge in [0.1, 0.15) is 24.0 Å². The van der Waals surface area contributed by atoms with E-state index in [0.29, 0.717) is 42.1 Å². The number of fused-ring (bicyclic) bond motifs is 1. The van der Waals surface area contributed by atoms with Gasteiger partial charge in [-0.15, -0.1) is 0 Å². The summed E-state index contributed by atoms with van der Waals surface area (Å²) in [5, 5.41) is 3.77. The van der Waals surface area contributed by atoms with Crippen LogP contribution in [0.4, 0.5) is 17.6 Å². The molecule has 2 aliphatic heterocycles. The van der Waals surface area contributed by atoms with E-state index in [0.717, 1.165) is 35.1 Å². The lowest BCUT2D eigenvalue weighted by Crippen LogP contribution is -2.49. The fourth-order valence-electron chi connectivity index (χ4n) is 5.77. The van der Waals surface area contributed by atoms with Crippen molar-refractivity contribution < 1.29 is 41.4 Å². The molecule has 1 saturated heterocycles. The molecule has 2 aliphatic rings. The number of ketones is 1. The maximum atomic E-state index is 15.0. The van der Waals surface area contributed by atoms with Gasteiger partial charge < -0.3 is 19.5 Å². The van der Waals surface area contributed by atoms with Gasteiger partial charge in [0, 0.05) is 42.9 Å². The molecule has 0 bridgehead atoms. The van der Waals surface area contributed by atoms with E-state index in [9.17, 15) is 22.8 Å². The van der Waals surface area contributed by atoms with Crippen molar-refractivity contribution in [3.63, 3.8) is 0 Å². The van der Waals surface area contributed by atoms with Crippen molar-refractivity contribution in [2.75, 3.05) is 26.4 Å². The van der Waals surface area contributed by atoms with Crippen LogP contribution in [-0.2, 0) is 38.3 Å². The zero-order valence-corrected chi connectivity index (χ0v) is 25.8. The van der Waals surface area contributed by atoms with Gasteiger partial charge in [0.25, 0.3) is 0 Å². The standard InChI is InChI=1S/C34H35ClF4N2O5/c35-25-4-1-21(2-5-25)30(22-3-8-32-23(13-22)10-12-44-32)15-27(42)14-24-16-40-18-31(36)29(24)7-6-28-17-41-26(19-45-28)20-46-33(43)9-11-34(37,38)39/h1-5,8,13,16,18,26,28,30,41H,6-7,9-12,14-15,17,19-20H2/t26-,28+,30?/m0/s1. The van der Waals surface area contributed by atoms with Crippen molar-refractivity contribution in [3.8, 4) is 5.75 Å². The van der Waals surface area contributed by atoms with Gasteiger partial charge in [-0.25, -0.2) is 4.39 Å². The van der Waals surface area contributed by atoms with Crippen molar-refractivity contribution in [3.05, 3.63) is 93.5 Å². The summed E-state index contributed by atoms with van der Waals surface area (Å²) in [6, 6.07) is 13.1. The highest BCUT2D eigenvalue weighted by molar-refractivity contribution is 6.30. The normalized spacial score (nSPS) is 18.5. The molecular formula is C34H35ClF4N2O5. The number of carbonyl (C=O) groups is 2. The van der Waals surface area contributed by atoms with Gasteiger partial charge in [-0.05, 0) is 58.9 Å². The maximum absolute atomic E-state index is 15.0. The first-order valence-electron chi connectivity index (χ1n) is 15.3. The molecule has 1 unspecified atom stereocenters. The molecular weight excluding hydrogens is 628 g/mol. The van der Waals surface area contributed by atoms with Crippen LogP contribution >= 0.6 is 11.6 Å². The third-order valence-electron chi connectivity index (χ3n) is 8.24. The molecule has 12 heteroatoms. The minimum atomic E-state index is -4.42. The molecule has 3 heterocycles. The largest absolute Gasteiger partial charge is 0.493 e. The Morgan fingerprint density at radius 3 is 2.63 bits per heavy atom. The summed E-state index contributed by atoms with van der Waals surface area (Å²) < 4.78 is 68.4. The van der Waals surface area contributed by atoms with Gasteiger partial charge in [-0.3, -0.25) is 14.6 Å². The van der Waals surface area contributed by atoms with Crippen molar-refractivity contribution in [1.82, 2.24) is 10.3 Å². The van der Waals surface area contributed by atoms with E-state index in [2.05, 4.69) is 16.4 Å². The SMILES string of the molecule is O=C(Cc1cncc(F)c1CC[C@@H]1CN[C@H](COC(=O)CCC(F)(F)F)CO1)CC(c1ccc(Cl)cc1)c1ccc2c(c1)CCO2.